The summed E-state index contributed by atoms with van der Waals surface area (Å²) < 4.78 is 50.4. The van der Waals surface area contributed by atoms with Gasteiger partial charge in [-0.15, -0.1) is 0 Å². The van der Waals surface area contributed by atoms with E-state index in [-0.39, 0.29) is 5.56 Å². The van der Waals surface area contributed by atoms with E-state index >= 15 is 0 Å². The minimum absolute atomic E-state index is 0.0341. The third kappa shape index (κ3) is 3.14. The molecule has 0 amide bonds. The van der Waals surface area contributed by atoms with Crippen molar-refractivity contribution in [1.29, 1.82) is 0 Å². The summed E-state index contributed by atoms with van der Waals surface area (Å²) in [6, 6.07) is 2.07. The van der Waals surface area contributed by atoms with Crippen molar-refractivity contribution in [2.75, 3.05) is 0 Å². The summed E-state index contributed by atoms with van der Waals surface area (Å²) in [5, 5.41) is 0. The van der Waals surface area contributed by atoms with Gasteiger partial charge in [0.1, 0.15) is 5.82 Å². The van der Waals surface area contributed by atoms with Crippen LogP contribution in [0.2, 0.25) is 0 Å². The maximum atomic E-state index is 13.1. The quantitative estimate of drug-likeness (QED) is 0.447. The first-order valence-electron chi connectivity index (χ1n) is 4.64. The normalized spacial score (nSPS) is 12.1. The number of rotatable bonds is 2. The Morgan fingerprint density at radius 1 is 1.12 bits per heavy atom. The van der Waals surface area contributed by atoms with E-state index in [1.807, 2.05) is 0 Å². The summed E-state index contributed by atoms with van der Waals surface area (Å²) in [7, 11) is 0. The summed E-state index contributed by atoms with van der Waals surface area (Å²) in [5.41, 5.74) is -2.39. The molecule has 17 heavy (non-hydrogen) atoms. The van der Waals surface area contributed by atoms with Crippen LogP contribution in [-0.2, 0) is 16.5 Å². The maximum absolute atomic E-state index is 13.1. The van der Waals surface area contributed by atoms with Crippen molar-refractivity contribution < 1.29 is 22.4 Å². The Hall–Kier alpha value is -1.68. The molecular formula is C11H9F4NO. The second kappa shape index (κ2) is 4.30. The molecule has 0 aliphatic rings. The van der Waals surface area contributed by atoms with Crippen LogP contribution in [-0.4, -0.2) is 6.08 Å². The van der Waals surface area contributed by atoms with Gasteiger partial charge in [0, 0.05) is 0 Å². The van der Waals surface area contributed by atoms with Crippen molar-refractivity contribution in [3.63, 3.8) is 0 Å². The van der Waals surface area contributed by atoms with Gasteiger partial charge in [-0.25, -0.2) is 9.18 Å². The van der Waals surface area contributed by atoms with Gasteiger partial charge in [0.2, 0.25) is 6.08 Å². The molecule has 0 aliphatic carbocycles. The SMILES string of the molecule is CC(C)(N=C=O)c1cc(F)cc(C(F)(F)F)c1. The molecular weight excluding hydrogens is 238 g/mol. The molecule has 92 valence electrons. The van der Waals surface area contributed by atoms with Gasteiger partial charge < -0.3 is 0 Å². The van der Waals surface area contributed by atoms with Crippen LogP contribution in [0.25, 0.3) is 0 Å². The standard InChI is InChI=1S/C11H9F4NO/c1-10(2,16-6-17)7-3-8(11(13,14)15)5-9(12)4-7/h3-5H,1-2H3. The molecule has 0 saturated heterocycles. The van der Waals surface area contributed by atoms with Crippen LogP contribution in [0.3, 0.4) is 0 Å². The molecule has 0 spiro atoms. The Labute approximate surface area is 95.0 Å². The second-order valence-corrected chi connectivity index (χ2v) is 3.99. The lowest BCUT2D eigenvalue weighted by Crippen LogP contribution is -2.16. The molecule has 0 atom stereocenters. The van der Waals surface area contributed by atoms with E-state index in [0.29, 0.717) is 6.07 Å². The highest BCUT2D eigenvalue weighted by molar-refractivity contribution is 5.39. The lowest BCUT2D eigenvalue weighted by molar-refractivity contribution is -0.137. The van der Waals surface area contributed by atoms with Crippen molar-refractivity contribution in [3.05, 3.63) is 35.1 Å². The van der Waals surface area contributed by atoms with Gasteiger partial charge in [-0.2, -0.15) is 18.2 Å². The van der Waals surface area contributed by atoms with E-state index in [9.17, 15) is 22.4 Å². The molecule has 0 bridgehead atoms. The summed E-state index contributed by atoms with van der Waals surface area (Å²) in [6.07, 6.45) is -3.39. The molecule has 0 aromatic heterocycles. The van der Waals surface area contributed by atoms with Crippen LogP contribution in [0.1, 0.15) is 25.0 Å². The summed E-state index contributed by atoms with van der Waals surface area (Å²) in [5.74, 6) is -1.02. The molecule has 0 N–H and O–H groups in total. The van der Waals surface area contributed by atoms with Gasteiger partial charge >= 0.3 is 6.18 Å². The van der Waals surface area contributed by atoms with Gasteiger partial charge in [0.15, 0.2) is 0 Å². The first-order valence-corrected chi connectivity index (χ1v) is 4.64. The third-order valence-corrected chi connectivity index (χ3v) is 2.26. The molecule has 0 fully saturated rings. The average molecular weight is 247 g/mol. The monoisotopic (exact) mass is 247 g/mol. The number of isocyanates is 1. The van der Waals surface area contributed by atoms with E-state index in [1.165, 1.54) is 19.9 Å². The summed E-state index contributed by atoms with van der Waals surface area (Å²) in [4.78, 5) is 13.5. The molecule has 1 rings (SSSR count). The predicted octanol–water partition coefficient (Wildman–Crippen LogP) is 3.42. The number of nitrogens with zero attached hydrogens (tertiary/aromatic N) is 1. The molecule has 0 radical (unpaired) electrons. The highest BCUT2D eigenvalue weighted by Crippen LogP contribution is 2.34. The van der Waals surface area contributed by atoms with Gasteiger partial charge in [-0.05, 0) is 37.6 Å². The molecule has 0 aliphatic heterocycles. The van der Waals surface area contributed by atoms with Crippen LogP contribution in [0.4, 0.5) is 17.6 Å². The molecule has 2 nitrogen and oxygen atoms in total. The van der Waals surface area contributed by atoms with Gasteiger partial charge in [-0.1, -0.05) is 0 Å². The Bertz CT molecular complexity index is 473. The summed E-state index contributed by atoms with van der Waals surface area (Å²) >= 11 is 0. The number of hydrogen-bond acceptors (Lipinski definition) is 2. The summed E-state index contributed by atoms with van der Waals surface area (Å²) in [6.45, 7) is 2.79. The van der Waals surface area contributed by atoms with Gasteiger partial charge in [-0.3, -0.25) is 0 Å². The van der Waals surface area contributed by atoms with Crippen LogP contribution in [0, 0.1) is 5.82 Å². The van der Waals surface area contributed by atoms with E-state index < -0.39 is 23.1 Å². The fourth-order valence-corrected chi connectivity index (χ4v) is 1.29. The molecule has 0 saturated carbocycles. The molecule has 0 heterocycles. The largest absolute Gasteiger partial charge is 0.416 e. The zero-order valence-electron chi connectivity index (χ0n) is 9.10. The van der Waals surface area contributed by atoms with E-state index in [1.54, 1.807) is 0 Å². The number of hydrogen-bond donors (Lipinski definition) is 0. The van der Waals surface area contributed by atoms with E-state index in [4.69, 9.17) is 0 Å². The lowest BCUT2D eigenvalue weighted by atomic mass is 9.93. The fraction of sp³-hybridized carbons (Fsp3) is 0.364. The van der Waals surface area contributed by atoms with E-state index in [2.05, 4.69) is 4.99 Å². The smallest absolute Gasteiger partial charge is 0.211 e. The number of carbonyl (C=O) groups excluding carboxylic acids is 1. The van der Waals surface area contributed by atoms with Gasteiger partial charge in [0.25, 0.3) is 0 Å². The third-order valence-electron chi connectivity index (χ3n) is 2.26. The average Bonchev–Trinajstić information content (AvgIpc) is 2.15. The van der Waals surface area contributed by atoms with Crippen LogP contribution < -0.4 is 0 Å². The first kappa shape index (κ1) is 13.4. The molecule has 6 heteroatoms. The van der Waals surface area contributed by atoms with Crippen molar-refractivity contribution in [2.24, 2.45) is 4.99 Å². The Morgan fingerprint density at radius 3 is 2.12 bits per heavy atom. The molecule has 0 unspecified atom stereocenters. The zero-order chi connectivity index (χ0) is 13.3. The lowest BCUT2D eigenvalue weighted by Gasteiger charge is -2.19. The number of aliphatic imine (C=N–C) groups is 1. The topological polar surface area (TPSA) is 29.4 Å². The fourth-order valence-electron chi connectivity index (χ4n) is 1.29. The highest BCUT2D eigenvalue weighted by Gasteiger charge is 2.33. The van der Waals surface area contributed by atoms with Crippen molar-refractivity contribution in [3.8, 4) is 0 Å². The Kier molecular flexibility index (Phi) is 3.38. The number of alkyl halides is 3. The molecule has 1 aromatic carbocycles. The van der Waals surface area contributed by atoms with Crippen molar-refractivity contribution >= 4 is 6.08 Å². The molecule has 1 aromatic rings. The van der Waals surface area contributed by atoms with Crippen molar-refractivity contribution in [1.82, 2.24) is 0 Å². The second-order valence-electron chi connectivity index (χ2n) is 3.99. The van der Waals surface area contributed by atoms with E-state index in [0.717, 1.165) is 12.1 Å². The minimum atomic E-state index is -4.64. The Balaban J connectivity index is 3.37. The number of halogens is 4. The number of benzene rings is 1. The minimum Gasteiger partial charge on any atom is -0.211 e. The Morgan fingerprint density at radius 2 is 1.65 bits per heavy atom. The van der Waals surface area contributed by atoms with Crippen LogP contribution in [0.15, 0.2) is 23.2 Å². The zero-order valence-corrected chi connectivity index (χ0v) is 9.10. The van der Waals surface area contributed by atoms with Crippen LogP contribution in [0.5, 0.6) is 0 Å². The van der Waals surface area contributed by atoms with Crippen LogP contribution >= 0.6 is 0 Å². The maximum Gasteiger partial charge on any atom is 0.416 e. The van der Waals surface area contributed by atoms with Crippen molar-refractivity contribution in [2.45, 2.75) is 25.6 Å². The van der Waals surface area contributed by atoms with Gasteiger partial charge in [0.05, 0.1) is 11.1 Å². The predicted molar refractivity (Wildman–Crippen MR) is 52.5 cm³/mol. The first-order chi connectivity index (χ1) is 7.66. The highest BCUT2D eigenvalue weighted by atomic mass is 19.4.